The lowest BCUT2D eigenvalue weighted by Crippen LogP contribution is -2.31. The minimum absolute atomic E-state index is 0.0882. The van der Waals surface area contributed by atoms with E-state index in [1.807, 2.05) is 24.4 Å². The number of thiophene rings is 1. The van der Waals surface area contributed by atoms with Crippen LogP contribution in [-0.2, 0) is 17.4 Å². The van der Waals surface area contributed by atoms with Crippen LogP contribution in [0.4, 0.5) is 18.9 Å². The second kappa shape index (κ2) is 8.74. The van der Waals surface area contributed by atoms with Crippen LogP contribution in [0.5, 0.6) is 0 Å². The van der Waals surface area contributed by atoms with Gasteiger partial charge in [0.15, 0.2) is 0 Å². The van der Waals surface area contributed by atoms with E-state index in [-0.39, 0.29) is 18.1 Å². The fourth-order valence-electron chi connectivity index (χ4n) is 2.50. The van der Waals surface area contributed by atoms with E-state index in [9.17, 15) is 18.0 Å². The van der Waals surface area contributed by atoms with E-state index in [2.05, 4.69) is 15.6 Å². The molecule has 0 saturated carbocycles. The molecule has 0 unspecified atom stereocenters. The Bertz CT molecular complexity index is 950. The Hall–Kier alpha value is -2.39. The molecule has 0 radical (unpaired) electrons. The number of nitrogens with one attached hydrogen (secondary N) is 2. The zero-order valence-electron chi connectivity index (χ0n) is 15.0. The summed E-state index contributed by atoms with van der Waals surface area (Å²) < 4.78 is 38.1. The van der Waals surface area contributed by atoms with Crippen molar-refractivity contribution in [1.29, 1.82) is 0 Å². The van der Waals surface area contributed by atoms with Crippen molar-refractivity contribution in [3.05, 3.63) is 57.2 Å². The van der Waals surface area contributed by atoms with Gasteiger partial charge in [-0.05, 0) is 43.7 Å². The summed E-state index contributed by atoms with van der Waals surface area (Å²) in [6.45, 7) is 2.33. The zero-order valence-corrected chi connectivity index (χ0v) is 16.6. The molecule has 2 heterocycles. The number of benzene rings is 1. The van der Waals surface area contributed by atoms with Crippen LogP contribution in [0.3, 0.4) is 0 Å². The van der Waals surface area contributed by atoms with Crippen molar-refractivity contribution >= 4 is 34.3 Å². The summed E-state index contributed by atoms with van der Waals surface area (Å²) >= 11 is 3.24. The highest BCUT2D eigenvalue weighted by molar-refractivity contribution is 7.16. The number of halogens is 3. The molecule has 9 heteroatoms. The number of nitrogens with zero attached hydrogens (tertiary/aromatic N) is 1. The van der Waals surface area contributed by atoms with E-state index in [0.717, 1.165) is 32.6 Å². The van der Waals surface area contributed by atoms with E-state index in [0.29, 0.717) is 13.0 Å². The van der Waals surface area contributed by atoms with Gasteiger partial charge in [0.2, 0.25) is 5.91 Å². The molecule has 28 heavy (non-hydrogen) atoms. The molecule has 0 saturated heterocycles. The van der Waals surface area contributed by atoms with Crippen LogP contribution in [0, 0.1) is 6.92 Å². The molecule has 2 aromatic heterocycles. The van der Waals surface area contributed by atoms with Crippen LogP contribution >= 0.6 is 22.7 Å². The first-order valence-corrected chi connectivity index (χ1v) is 10.2. The standard InChI is InChI=1S/C19H18F3N3OS2/c1-12-25-16(11-27-12)17-6-5-15(28-17)7-8-23-18(26)10-24-14-4-2-3-13(9-14)19(20,21)22/h2-6,9,11,24H,7-8,10H2,1H3,(H,23,26). The van der Waals surface area contributed by atoms with Crippen molar-refractivity contribution in [3.63, 3.8) is 0 Å². The normalized spacial score (nSPS) is 11.4. The molecule has 3 aromatic rings. The average Bonchev–Trinajstić information content (AvgIpc) is 3.28. The van der Waals surface area contributed by atoms with Crippen LogP contribution < -0.4 is 10.6 Å². The van der Waals surface area contributed by atoms with Gasteiger partial charge in [-0.1, -0.05) is 6.07 Å². The number of aromatic nitrogens is 1. The number of carbonyl (C=O) groups excluding carboxylic acids is 1. The smallest absolute Gasteiger partial charge is 0.376 e. The molecule has 3 rings (SSSR count). The van der Waals surface area contributed by atoms with E-state index < -0.39 is 11.7 Å². The molecule has 0 aliphatic rings. The average molecular weight is 426 g/mol. The molecule has 148 valence electrons. The zero-order chi connectivity index (χ0) is 20.1. The Morgan fingerprint density at radius 2 is 2.04 bits per heavy atom. The van der Waals surface area contributed by atoms with Crippen LogP contribution in [0.25, 0.3) is 10.6 Å². The highest BCUT2D eigenvalue weighted by Crippen LogP contribution is 2.31. The topological polar surface area (TPSA) is 54.0 Å². The lowest BCUT2D eigenvalue weighted by Gasteiger charge is -2.10. The summed E-state index contributed by atoms with van der Waals surface area (Å²) in [5.74, 6) is -0.274. The molecular formula is C19H18F3N3OS2. The Morgan fingerprint density at radius 3 is 2.75 bits per heavy atom. The van der Waals surface area contributed by atoms with E-state index >= 15 is 0 Å². The fraction of sp³-hybridized carbons (Fsp3) is 0.263. The van der Waals surface area contributed by atoms with E-state index in [4.69, 9.17) is 0 Å². The van der Waals surface area contributed by atoms with Crippen LogP contribution in [-0.4, -0.2) is 24.0 Å². The first kappa shape index (κ1) is 20.3. The van der Waals surface area contributed by atoms with Gasteiger partial charge in [-0.2, -0.15) is 13.2 Å². The molecule has 1 aromatic carbocycles. The highest BCUT2D eigenvalue weighted by Gasteiger charge is 2.30. The third-order valence-corrected chi connectivity index (χ3v) is 5.81. The van der Waals surface area contributed by atoms with Crippen molar-refractivity contribution in [2.24, 2.45) is 0 Å². The number of hydrogen-bond donors (Lipinski definition) is 2. The number of aryl methyl sites for hydroxylation is 1. The molecule has 0 spiro atoms. The Kier molecular flexibility index (Phi) is 6.35. The molecular weight excluding hydrogens is 407 g/mol. The summed E-state index contributed by atoms with van der Waals surface area (Å²) in [6.07, 6.45) is -3.72. The minimum Gasteiger partial charge on any atom is -0.376 e. The molecule has 0 fully saturated rings. The van der Waals surface area contributed by atoms with Gasteiger partial charge in [-0.25, -0.2) is 4.98 Å². The number of thiazole rings is 1. The highest BCUT2D eigenvalue weighted by atomic mass is 32.1. The van der Waals surface area contributed by atoms with Crippen molar-refractivity contribution in [3.8, 4) is 10.6 Å². The molecule has 4 nitrogen and oxygen atoms in total. The molecule has 0 atom stereocenters. The number of amides is 1. The molecule has 0 aliphatic carbocycles. The van der Waals surface area contributed by atoms with Crippen molar-refractivity contribution in [2.75, 3.05) is 18.4 Å². The summed E-state index contributed by atoms with van der Waals surface area (Å²) in [4.78, 5) is 18.6. The van der Waals surface area contributed by atoms with Gasteiger partial charge in [0.1, 0.15) is 0 Å². The Labute approximate surface area is 168 Å². The minimum atomic E-state index is -4.41. The Balaban J connectivity index is 1.43. The summed E-state index contributed by atoms with van der Waals surface area (Å²) in [7, 11) is 0. The van der Waals surface area contributed by atoms with Crippen LogP contribution in [0.1, 0.15) is 15.4 Å². The maximum atomic E-state index is 12.7. The first-order chi connectivity index (χ1) is 13.3. The summed E-state index contributed by atoms with van der Waals surface area (Å²) in [5, 5.41) is 8.52. The van der Waals surface area contributed by atoms with Gasteiger partial charge in [0.25, 0.3) is 0 Å². The van der Waals surface area contributed by atoms with Crippen LogP contribution in [0.2, 0.25) is 0 Å². The maximum Gasteiger partial charge on any atom is 0.416 e. The third kappa shape index (κ3) is 5.56. The number of carbonyl (C=O) groups is 1. The van der Waals surface area contributed by atoms with E-state index in [1.165, 1.54) is 12.1 Å². The van der Waals surface area contributed by atoms with Gasteiger partial charge in [-0.3, -0.25) is 4.79 Å². The predicted octanol–water partition coefficient (Wildman–Crippen LogP) is 4.97. The number of alkyl halides is 3. The Morgan fingerprint density at radius 1 is 1.21 bits per heavy atom. The van der Waals surface area contributed by atoms with Gasteiger partial charge in [0.05, 0.1) is 27.7 Å². The quantitative estimate of drug-likeness (QED) is 0.562. The van der Waals surface area contributed by atoms with Crippen molar-refractivity contribution in [2.45, 2.75) is 19.5 Å². The monoisotopic (exact) mass is 425 g/mol. The van der Waals surface area contributed by atoms with Crippen LogP contribution in [0.15, 0.2) is 41.8 Å². The second-order valence-electron chi connectivity index (χ2n) is 6.05. The number of hydrogen-bond acceptors (Lipinski definition) is 5. The molecule has 0 bridgehead atoms. The van der Waals surface area contributed by atoms with Gasteiger partial charge >= 0.3 is 6.18 Å². The molecule has 0 aliphatic heterocycles. The third-order valence-electron chi connectivity index (χ3n) is 3.87. The SMILES string of the molecule is Cc1nc(-c2ccc(CCNC(=O)CNc3cccc(C(F)(F)F)c3)s2)cs1. The maximum absolute atomic E-state index is 12.7. The second-order valence-corrected chi connectivity index (χ2v) is 8.28. The largest absolute Gasteiger partial charge is 0.416 e. The first-order valence-electron chi connectivity index (χ1n) is 8.50. The van der Waals surface area contributed by atoms with Crippen molar-refractivity contribution in [1.82, 2.24) is 10.3 Å². The lowest BCUT2D eigenvalue weighted by atomic mass is 10.2. The van der Waals surface area contributed by atoms with Gasteiger partial charge in [-0.15, -0.1) is 22.7 Å². The summed E-state index contributed by atoms with van der Waals surface area (Å²) in [5.41, 5.74) is 0.473. The summed E-state index contributed by atoms with van der Waals surface area (Å²) in [6, 6.07) is 8.82. The molecule has 2 N–H and O–H groups in total. The number of rotatable bonds is 7. The van der Waals surface area contributed by atoms with Gasteiger partial charge in [0, 0.05) is 22.5 Å². The van der Waals surface area contributed by atoms with Gasteiger partial charge < -0.3 is 10.6 Å². The lowest BCUT2D eigenvalue weighted by molar-refractivity contribution is -0.137. The van der Waals surface area contributed by atoms with E-state index in [1.54, 1.807) is 22.7 Å². The predicted molar refractivity (Wildman–Crippen MR) is 107 cm³/mol. The molecule has 1 amide bonds. The number of anilines is 1. The fourth-order valence-corrected chi connectivity index (χ4v) is 4.16. The van der Waals surface area contributed by atoms with Crippen molar-refractivity contribution < 1.29 is 18.0 Å².